The Morgan fingerprint density at radius 3 is 1.71 bits per heavy atom. The average molecular weight is 307 g/mol. The summed E-state index contributed by atoms with van der Waals surface area (Å²) in [5.41, 5.74) is 7.04. The Hall–Kier alpha value is -3.19. The molecule has 24 heavy (non-hydrogen) atoms. The standard InChI is InChI=1S/C23H17N/c1-2-8-18(9-3-1)19-13-15-20(16-14-19)21-10-4-5-11-22(21)23-12-6-7-17-24-23/h1-17H. The van der Waals surface area contributed by atoms with Crippen molar-refractivity contribution in [3.63, 3.8) is 0 Å². The van der Waals surface area contributed by atoms with Gasteiger partial charge in [-0.25, -0.2) is 0 Å². The molecule has 0 radical (unpaired) electrons. The topological polar surface area (TPSA) is 12.9 Å². The lowest BCUT2D eigenvalue weighted by atomic mass is 9.95. The third-order valence-corrected chi connectivity index (χ3v) is 4.17. The average Bonchev–Trinajstić information content (AvgIpc) is 2.69. The Morgan fingerprint density at radius 2 is 1.00 bits per heavy atom. The fourth-order valence-corrected chi connectivity index (χ4v) is 2.95. The van der Waals surface area contributed by atoms with Crippen LogP contribution in [0.25, 0.3) is 33.5 Å². The monoisotopic (exact) mass is 307 g/mol. The van der Waals surface area contributed by atoms with Crippen molar-refractivity contribution in [2.45, 2.75) is 0 Å². The Bertz CT molecular complexity index is 926. The molecule has 0 fully saturated rings. The maximum atomic E-state index is 4.50. The number of aromatic nitrogens is 1. The molecule has 1 heterocycles. The van der Waals surface area contributed by atoms with E-state index in [2.05, 4.69) is 83.8 Å². The number of hydrogen-bond acceptors (Lipinski definition) is 1. The van der Waals surface area contributed by atoms with E-state index in [4.69, 9.17) is 0 Å². The quantitative estimate of drug-likeness (QED) is 0.447. The van der Waals surface area contributed by atoms with Crippen LogP contribution in [0.15, 0.2) is 103 Å². The van der Waals surface area contributed by atoms with Crippen molar-refractivity contribution in [2.75, 3.05) is 0 Å². The molecule has 0 aliphatic rings. The van der Waals surface area contributed by atoms with Crippen molar-refractivity contribution in [3.8, 4) is 33.5 Å². The largest absolute Gasteiger partial charge is 0.256 e. The molecule has 0 aliphatic heterocycles. The van der Waals surface area contributed by atoms with Crippen LogP contribution in [0.2, 0.25) is 0 Å². The Morgan fingerprint density at radius 1 is 0.417 bits per heavy atom. The molecule has 0 saturated heterocycles. The molecule has 4 rings (SSSR count). The second-order valence-electron chi connectivity index (χ2n) is 5.70. The van der Waals surface area contributed by atoms with Gasteiger partial charge in [-0.05, 0) is 34.4 Å². The molecule has 0 unspecified atom stereocenters. The fourth-order valence-electron chi connectivity index (χ4n) is 2.95. The van der Waals surface area contributed by atoms with Gasteiger partial charge < -0.3 is 0 Å². The van der Waals surface area contributed by atoms with E-state index in [0.29, 0.717) is 0 Å². The van der Waals surface area contributed by atoms with Gasteiger partial charge in [0.15, 0.2) is 0 Å². The molecule has 0 N–H and O–H groups in total. The third-order valence-electron chi connectivity index (χ3n) is 4.17. The second-order valence-corrected chi connectivity index (χ2v) is 5.70. The summed E-state index contributed by atoms with van der Waals surface area (Å²) in [5, 5.41) is 0. The molecule has 4 aromatic rings. The van der Waals surface area contributed by atoms with Crippen LogP contribution in [-0.4, -0.2) is 4.98 Å². The predicted molar refractivity (Wildman–Crippen MR) is 101 cm³/mol. The minimum absolute atomic E-state index is 1.00. The van der Waals surface area contributed by atoms with Gasteiger partial charge in [-0.1, -0.05) is 84.9 Å². The fraction of sp³-hybridized carbons (Fsp3) is 0. The van der Waals surface area contributed by atoms with E-state index in [1.807, 2.05) is 24.4 Å². The first-order valence-corrected chi connectivity index (χ1v) is 8.08. The Balaban J connectivity index is 1.75. The Kier molecular flexibility index (Phi) is 3.91. The molecular weight excluding hydrogens is 290 g/mol. The SMILES string of the molecule is c1ccc(-c2ccc(-c3ccccc3-c3ccccn3)cc2)cc1. The zero-order chi connectivity index (χ0) is 16.2. The van der Waals surface area contributed by atoms with Crippen molar-refractivity contribution in [1.29, 1.82) is 0 Å². The van der Waals surface area contributed by atoms with Gasteiger partial charge in [0.05, 0.1) is 5.69 Å². The van der Waals surface area contributed by atoms with Gasteiger partial charge in [-0.3, -0.25) is 4.98 Å². The van der Waals surface area contributed by atoms with Crippen molar-refractivity contribution >= 4 is 0 Å². The lowest BCUT2D eigenvalue weighted by Gasteiger charge is -2.10. The molecule has 1 heteroatoms. The van der Waals surface area contributed by atoms with Crippen LogP contribution in [-0.2, 0) is 0 Å². The molecule has 0 spiro atoms. The van der Waals surface area contributed by atoms with Crippen LogP contribution in [0.4, 0.5) is 0 Å². The van der Waals surface area contributed by atoms with E-state index in [1.165, 1.54) is 22.3 Å². The number of nitrogens with zero attached hydrogens (tertiary/aromatic N) is 1. The van der Waals surface area contributed by atoms with Gasteiger partial charge in [0.25, 0.3) is 0 Å². The molecule has 1 aromatic heterocycles. The number of rotatable bonds is 3. The smallest absolute Gasteiger partial charge is 0.0708 e. The number of pyridine rings is 1. The van der Waals surface area contributed by atoms with Crippen molar-refractivity contribution < 1.29 is 0 Å². The lowest BCUT2D eigenvalue weighted by Crippen LogP contribution is -1.87. The first-order chi connectivity index (χ1) is 11.9. The van der Waals surface area contributed by atoms with Gasteiger partial charge in [0, 0.05) is 11.8 Å². The zero-order valence-corrected chi connectivity index (χ0v) is 13.3. The minimum atomic E-state index is 1.00. The lowest BCUT2D eigenvalue weighted by molar-refractivity contribution is 1.33. The van der Waals surface area contributed by atoms with Crippen molar-refractivity contribution in [1.82, 2.24) is 4.98 Å². The van der Waals surface area contributed by atoms with Crippen LogP contribution >= 0.6 is 0 Å². The summed E-state index contributed by atoms with van der Waals surface area (Å²) in [5.74, 6) is 0. The molecule has 0 bridgehead atoms. The van der Waals surface area contributed by atoms with E-state index in [1.54, 1.807) is 0 Å². The van der Waals surface area contributed by atoms with Crippen LogP contribution in [0, 0.1) is 0 Å². The first kappa shape index (κ1) is 14.4. The van der Waals surface area contributed by atoms with Crippen LogP contribution in [0.1, 0.15) is 0 Å². The van der Waals surface area contributed by atoms with Crippen molar-refractivity contribution in [3.05, 3.63) is 103 Å². The van der Waals surface area contributed by atoms with Gasteiger partial charge in [0.1, 0.15) is 0 Å². The molecule has 0 atom stereocenters. The summed E-state index contributed by atoms with van der Waals surface area (Å²) in [6.45, 7) is 0. The predicted octanol–water partition coefficient (Wildman–Crippen LogP) is 6.08. The van der Waals surface area contributed by atoms with Crippen LogP contribution in [0.3, 0.4) is 0 Å². The summed E-state index contributed by atoms with van der Waals surface area (Å²) in [6.07, 6.45) is 1.84. The molecule has 3 aromatic carbocycles. The number of hydrogen-bond donors (Lipinski definition) is 0. The second kappa shape index (κ2) is 6.51. The highest BCUT2D eigenvalue weighted by Crippen LogP contribution is 2.32. The van der Waals surface area contributed by atoms with Crippen LogP contribution < -0.4 is 0 Å². The highest BCUT2D eigenvalue weighted by atomic mass is 14.7. The summed E-state index contributed by atoms with van der Waals surface area (Å²) >= 11 is 0. The maximum Gasteiger partial charge on any atom is 0.0708 e. The normalized spacial score (nSPS) is 10.5. The van der Waals surface area contributed by atoms with Gasteiger partial charge in [-0.15, -0.1) is 0 Å². The van der Waals surface area contributed by atoms with E-state index in [9.17, 15) is 0 Å². The minimum Gasteiger partial charge on any atom is -0.256 e. The Labute approximate surface area is 142 Å². The molecule has 1 nitrogen and oxygen atoms in total. The van der Waals surface area contributed by atoms with Gasteiger partial charge >= 0.3 is 0 Å². The zero-order valence-electron chi connectivity index (χ0n) is 13.3. The van der Waals surface area contributed by atoms with E-state index >= 15 is 0 Å². The summed E-state index contributed by atoms with van der Waals surface area (Å²) in [6, 6.07) is 33.6. The van der Waals surface area contributed by atoms with E-state index < -0.39 is 0 Å². The summed E-state index contributed by atoms with van der Waals surface area (Å²) in [7, 11) is 0. The maximum absolute atomic E-state index is 4.50. The molecule has 114 valence electrons. The number of benzene rings is 3. The third kappa shape index (κ3) is 2.84. The molecule has 0 saturated carbocycles. The van der Waals surface area contributed by atoms with Crippen molar-refractivity contribution in [2.24, 2.45) is 0 Å². The highest BCUT2D eigenvalue weighted by Gasteiger charge is 2.07. The molecular formula is C23H17N. The van der Waals surface area contributed by atoms with Crippen LogP contribution in [0.5, 0.6) is 0 Å². The molecule has 0 amide bonds. The van der Waals surface area contributed by atoms with Gasteiger partial charge in [0.2, 0.25) is 0 Å². The summed E-state index contributed by atoms with van der Waals surface area (Å²) in [4.78, 5) is 4.50. The summed E-state index contributed by atoms with van der Waals surface area (Å²) < 4.78 is 0. The highest BCUT2D eigenvalue weighted by molar-refractivity contribution is 5.82. The molecule has 0 aliphatic carbocycles. The van der Waals surface area contributed by atoms with E-state index in [-0.39, 0.29) is 0 Å². The van der Waals surface area contributed by atoms with E-state index in [0.717, 1.165) is 11.3 Å². The first-order valence-electron chi connectivity index (χ1n) is 8.08. The van der Waals surface area contributed by atoms with Gasteiger partial charge in [-0.2, -0.15) is 0 Å².